The number of ether oxygens (including phenoxy) is 1. The third-order valence-corrected chi connectivity index (χ3v) is 5.87. The highest BCUT2D eigenvalue weighted by Gasteiger charge is 2.28. The molecular formula is C20H19N3OS2. The summed E-state index contributed by atoms with van der Waals surface area (Å²) in [6.45, 7) is 4.22. The monoisotopic (exact) mass is 381 g/mol. The van der Waals surface area contributed by atoms with Crippen molar-refractivity contribution in [1.82, 2.24) is 15.0 Å². The quantitative estimate of drug-likeness (QED) is 0.294. The number of hydrogen-bond donors (Lipinski definition) is 0. The Labute approximate surface area is 162 Å². The van der Waals surface area contributed by atoms with Gasteiger partial charge >= 0.3 is 0 Å². The maximum absolute atomic E-state index is 6.11. The highest BCUT2D eigenvalue weighted by Crippen LogP contribution is 2.42. The summed E-state index contributed by atoms with van der Waals surface area (Å²) in [6, 6.07) is 17.7. The SMILES string of the molecule is C=CCOC(c1ccccn1)C(Sc1ccccn1)Sc1ccccn1. The summed E-state index contributed by atoms with van der Waals surface area (Å²) >= 11 is 3.30. The van der Waals surface area contributed by atoms with Crippen LogP contribution in [0.2, 0.25) is 0 Å². The summed E-state index contributed by atoms with van der Waals surface area (Å²) in [4.78, 5) is 13.4. The van der Waals surface area contributed by atoms with Gasteiger partial charge in [0, 0.05) is 18.6 Å². The minimum atomic E-state index is -0.229. The van der Waals surface area contributed by atoms with E-state index < -0.39 is 0 Å². The predicted octanol–water partition coefficient (Wildman–Crippen LogP) is 5.03. The van der Waals surface area contributed by atoms with Crippen LogP contribution >= 0.6 is 23.5 Å². The van der Waals surface area contributed by atoms with Gasteiger partial charge in [0.15, 0.2) is 0 Å². The normalized spacial score (nSPS) is 12.0. The Kier molecular flexibility index (Phi) is 7.25. The van der Waals surface area contributed by atoms with Crippen molar-refractivity contribution >= 4 is 23.5 Å². The summed E-state index contributed by atoms with van der Waals surface area (Å²) in [5.41, 5.74) is 0.881. The average molecular weight is 382 g/mol. The Bertz CT molecular complexity index is 746. The van der Waals surface area contributed by atoms with Crippen molar-refractivity contribution < 1.29 is 4.74 Å². The maximum atomic E-state index is 6.11. The molecule has 6 heteroatoms. The lowest BCUT2D eigenvalue weighted by atomic mass is 10.2. The zero-order valence-corrected chi connectivity index (χ0v) is 15.8. The van der Waals surface area contributed by atoms with Gasteiger partial charge in [0.1, 0.15) is 6.10 Å². The smallest absolute Gasteiger partial charge is 0.122 e. The van der Waals surface area contributed by atoms with Gasteiger partial charge in [-0.3, -0.25) is 4.98 Å². The lowest BCUT2D eigenvalue weighted by molar-refractivity contribution is 0.0835. The van der Waals surface area contributed by atoms with E-state index in [1.165, 1.54) is 0 Å². The number of pyridine rings is 3. The van der Waals surface area contributed by atoms with E-state index in [1.54, 1.807) is 48.2 Å². The fourth-order valence-corrected chi connectivity index (χ4v) is 4.74. The number of nitrogens with zero attached hydrogens (tertiary/aromatic N) is 3. The first-order valence-corrected chi connectivity index (χ1v) is 9.91. The molecule has 0 amide bonds. The number of hydrogen-bond acceptors (Lipinski definition) is 6. The number of rotatable bonds is 9. The van der Waals surface area contributed by atoms with Gasteiger partial charge in [-0.2, -0.15) is 0 Å². The lowest BCUT2D eigenvalue weighted by Crippen LogP contribution is -2.18. The van der Waals surface area contributed by atoms with Gasteiger partial charge in [-0.25, -0.2) is 9.97 Å². The first-order valence-electron chi connectivity index (χ1n) is 8.15. The van der Waals surface area contributed by atoms with E-state index in [0.717, 1.165) is 15.7 Å². The summed E-state index contributed by atoms with van der Waals surface area (Å²) in [5.74, 6) is 0. The molecule has 3 aromatic heterocycles. The van der Waals surface area contributed by atoms with Crippen molar-refractivity contribution in [3.05, 3.63) is 91.5 Å². The summed E-state index contributed by atoms with van der Waals surface area (Å²) in [6.07, 6.45) is 6.90. The molecule has 3 rings (SSSR count). The summed E-state index contributed by atoms with van der Waals surface area (Å²) < 4.78 is 6.10. The van der Waals surface area contributed by atoms with Crippen LogP contribution in [0.15, 0.2) is 95.9 Å². The zero-order chi connectivity index (χ0) is 18.0. The molecule has 1 atom stereocenters. The molecule has 0 aliphatic rings. The summed E-state index contributed by atoms with van der Waals surface area (Å²) in [7, 11) is 0. The standard InChI is InChI=1S/C20H19N3OS2/c1-2-15-24-19(16-9-3-6-12-21-16)20(25-17-10-4-7-13-22-17)26-18-11-5-8-14-23-18/h2-14,19-20H,1,15H2. The minimum Gasteiger partial charge on any atom is -0.366 e. The molecule has 0 aliphatic carbocycles. The topological polar surface area (TPSA) is 47.9 Å². The molecular weight excluding hydrogens is 362 g/mol. The molecule has 3 heterocycles. The molecule has 0 fully saturated rings. The molecule has 0 saturated heterocycles. The van der Waals surface area contributed by atoms with Crippen molar-refractivity contribution in [3.8, 4) is 0 Å². The van der Waals surface area contributed by atoms with E-state index in [2.05, 4.69) is 21.5 Å². The molecule has 0 saturated carbocycles. The average Bonchev–Trinajstić information content (AvgIpc) is 2.70. The van der Waals surface area contributed by atoms with Gasteiger partial charge in [-0.05, 0) is 36.4 Å². The molecule has 0 bridgehead atoms. The Morgan fingerprint density at radius 1 is 0.846 bits per heavy atom. The largest absolute Gasteiger partial charge is 0.366 e. The van der Waals surface area contributed by atoms with Gasteiger partial charge in [0.05, 0.1) is 26.9 Å². The first-order chi connectivity index (χ1) is 12.9. The van der Waals surface area contributed by atoms with E-state index in [0.29, 0.717) is 6.61 Å². The number of thioether (sulfide) groups is 2. The predicted molar refractivity (Wildman–Crippen MR) is 107 cm³/mol. The highest BCUT2D eigenvalue weighted by atomic mass is 32.2. The van der Waals surface area contributed by atoms with Gasteiger partial charge in [-0.15, -0.1) is 6.58 Å². The molecule has 0 aliphatic heterocycles. The second kappa shape index (κ2) is 10.1. The van der Waals surface area contributed by atoms with Crippen LogP contribution in [0.25, 0.3) is 0 Å². The highest BCUT2D eigenvalue weighted by molar-refractivity contribution is 8.17. The minimum absolute atomic E-state index is 0.00495. The Hall–Kier alpha value is -2.15. The van der Waals surface area contributed by atoms with E-state index in [9.17, 15) is 0 Å². The molecule has 0 N–H and O–H groups in total. The van der Waals surface area contributed by atoms with Crippen LogP contribution in [-0.2, 0) is 4.74 Å². The van der Waals surface area contributed by atoms with Crippen molar-refractivity contribution in [2.24, 2.45) is 0 Å². The third-order valence-electron chi connectivity index (χ3n) is 3.37. The van der Waals surface area contributed by atoms with Crippen LogP contribution in [-0.4, -0.2) is 26.1 Å². The molecule has 132 valence electrons. The molecule has 3 aromatic rings. The third kappa shape index (κ3) is 5.42. The van der Waals surface area contributed by atoms with Crippen molar-refractivity contribution in [2.45, 2.75) is 20.7 Å². The van der Waals surface area contributed by atoms with Crippen molar-refractivity contribution in [2.75, 3.05) is 6.61 Å². The van der Waals surface area contributed by atoms with Crippen LogP contribution in [0.3, 0.4) is 0 Å². The fourth-order valence-electron chi connectivity index (χ4n) is 2.24. The Balaban J connectivity index is 1.90. The maximum Gasteiger partial charge on any atom is 0.122 e. The lowest BCUT2D eigenvalue weighted by Gasteiger charge is -2.25. The molecule has 26 heavy (non-hydrogen) atoms. The molecule has 0 aromatic carbocycles. The van der Waals surface area contributed by atoms with Crippen LogP contribution in [0.4, 0.5) is 0 Å². The molecule has 4 nitrogen and oxygen atoms in total. The van der Waals surface area contributed by atoms with Crippen LogP contribution in [0.1, 0.15) is 11.8 Å². The van der Waals surface area contributed by atoms with E-state index >= 15 is 0 Å². The fraction of sp³-hybridized carbons (Fsp3) is 0.150. The second-order valence-electron chi connectivity index (χ2n) is 5.24. The molecule has 0 spiro atoms. The Morgan fingerprint density at radius 3 is 1.88 bits per heavy atom. The van der Waals surface area contributed by atoms with E-state index in [1.807, 2.05) is 54.6 Å². The summed E-state index contributed by atoms with van der Waals surface area (Å²) in [5, 5.41) is 1.87. The first kappa shape index (κ1) is 18.6. The van der Waals surface area contributed by atoms with Crippen LogP contribution in [0.5, 0.6) is 0 Å². The molecule has 1 unspecified atom stereocenters. The van der Waals surface area contributed by atoms with E-state index in [-0.39, 0.29) is 10.7 Å². The number of aromatic nitrogens is 3. The van der Waals surface area contributed by atoms with E-state index in [4.69, 9.17) is 4.74 Å². The van der Waals surface area contributed by atoms with Gasteiger partial charge in [-0.1, -0.05) is 47.8 Å². The molecule has 0 radical (unpaired) electrons. The Morgan fingerprint density at radius 2 is 1.42 bits per heavy atom. The van der Waals surface area contributed by atoms with Crippen molar-refractivity contribution in [1.29, 1.82) is 0 Å². The second-order valence-corrected chi connectivity index (χ2v) is 7.86. The van der Waals surface area contributed by atoms with Crippen LogP contribution in [0, 0.1) is 0 Å². The van der Waals surface area contributed by atoms with Crippen LogP contribution < -0.4 is 0 Å². The van der Waals surface area contributed by atoms with Gasteiger partial charge in [0.2, 0.25) is 0 Å². The van der Waals surface area contributed by atoms with Crippen molar-refractivity contribution in [3.63, 3.8) is 0 Å². The van der Waals surface area contributed by atoms with Gasteiger partial charge < -0.3 is 4.74 Å². The van der Waals surface area contributed by atoms with Gasteiger partial charge in [0.25, 0.3) is 0 Å². The zero-order valence-electron chi connectivity index (χ0n) is 14.1.